The molecule has 110 valence electrons. The lowest BCUT2D eigenvalue weighted by molar-refractivity contribution is 0.350. The van der Waals surface area contributed by atoms with Crippen molar-refractivity contribution in [1.82, 2.24) is 19.5 Å². The van der Waals surface area contributed by atoms with Crippen LogP contribution in [0.25, 0.3) is 0 Å². The third kappa shape index (κ3) is 4.13. The maximum atomic E-state index is 12.2. The van der Waals surface area contributed by atoms with Crippen LogP contribution in [0.15, 0.2) is 35.5 Å². The van der Waals surface area contributed by atoms with Crippen molar-refractivity contribution < 1.29 is 13.5 Å². The smallest absolute Gasteiger partial charge is 0.241 e. The van der Waals surface area contributed by atoms with Crippen LogP contribution in [-0.4, -0.2) is 34.9 Å². The van der Waals surface area contributed by atoms with Crippen LogP contribution < -0.4 is 4.72 Å². The van der Waals surface area contributed by atoms with Crippen molar-refractivity contribution >= 4 is 10.0 Å². The van der Waals surface area contributed by atoms with Gasteiger partial charge in [0.05, 0.1) is 11.4 Å². The maximum Gasteiger partial charge on any atom is 0.241 e. The summed E-state index contributed by atoms with van der Waals surface area (Å²) in [6, 6.07) is 6.17. The molecule has 7 nitrogen and oxygen atoms in total. The number of benzene rings is 1. The average Bonchev–Trinajstić information content (AvgIpc) is 2.89. The van der Waals surface area contributed by atoms with Crippen molar-refractivity contribution in [3.63, 3.8) is 0 Å². The number of aryl methyl sites for hydroxylation is 1. The second-order valence-electron chi connectivity index (χ2n) is 4.15. The number of nitrogens with zero attached hydrogens (tertiary/aromatic N) is 3. The number of aliphatic hydroxyl groups excluding tert-OH is 1. The van der Waals surface area contributed by atoms with Gasteiger partial charge in [-0.05, 0) is 18.2 Å². The average molecular weight is 306 g/mol. The van der Waals surface area contributed by atoms with E-state index in [4.69, 9.17) is 5.11 Å². The molecule has 1 aromatic carbocycles. The molecule has 2 rings (SSSR count). The summed E-state index contributed by atoms with van der Waals surface area (Å²) in [6.45, 7) is -0.268. The molecule has 8 heteroatoms. The highest BCUT2D eigenvalue weighted by Crippen LogP contribution is 2.11. The van der Waals surface area contributed by atoms with E-state index in [2.05, 4.69) is 26.6 Å². The SMILES string of the molecule is Cn1cnc(CNS(=O)(=O)c2cccc(C#CCO)c2)n1. The van der Waals surface area contributed by atoms with Gasteiger partial charge < -0.3 is 5.11 Å². The van der Waals surface area contributed by atoms with E-state index < -0.39 is 10.0 Å². The van der Waals surface area contributed by atoms with E-state index in [1.54, 1.807) is 19.2 Å². The number of rotatable bonds is 4. The molecule has 0 aliphatic carbocycles. The van der Waals surface area contributed by atoms with Crippen LogP contribution >= 0.6 is 0 Å². The Labute approximate surface area is 122 Å². The minimum atomic E-state index is -3.67. The van der Waals surface area contributed by atoms with Crippen LogP contribution in [0.2, 0.25) is 0 Å². The second kappa shape index (κ2) is 6.49. The van der Waals surface area contributed by atoms with Crippen LogP contribution in [-0.2, 0) is 23.6 Å². The van der Waals surface area contributed by atoms with Crippen molar-refractivity contribution in [1.29, 1.82) is 0 Å². The molecule has 0 aliphatic rings. The lowest BCUT2D eigenvalue weighted by Gasteiger charge is -2.05. The normalized spacial score (nSPS) is 11.0. The third-order valence-electron chi connectivity index (χ3n) is 2.52. The quantitative estimate of drug-likeness (QED) is 0.752. The monoisotopic (exact) mass is 306 g/mol. The number of nitrogens with one attached hydrogen (secondary N) is 1. The number of aromatic nitrogens is 3. The molecule has 0 fully saturated rings. The molecular formula is C13H14N4O3S. The molecule has 0 unspecified atom stereocenters. The summed E-state index contributed by atoms with van der Waals surface area (Å²) in [5.74, 6) is 5.52. The van der Waals surface area contributed by atoms with Gasteiger partial charge in [0.25, 0.3) is 0 Å². The summed E-state index contributed by atoms with van der Waals surface area (Å²) < 4.78 is 28.3. The topological polar surface area (TPSA) is 97.1 Å². The van der Waals surface area contributed by atoms with Crippen molar-refractivity contribution in [3.8, 4) is 11.8 Å². The van der Waals surface area contributed by atoms with Gasteiger partial charge in [0.1, 0.15) is 12.9 Å². The Morgan fingerprint density at radius 2 is 2.24 bits per heavy atom. The largest absolute Gasteiger partial charge is 0.384 e. The molecule has 0 spiro atoms. The van der Waals surface area contributed by atoms with E-state index in [0.29, 0.717) is 11.4 Å². The van der Waals surface area contributed by atoms with Crippen LogP contribution in [0.3, 0.4) is 0 Å². The predicted octanol–water partition coefficient (Wildman–Crippen LogP) is -0.363. The van der Waals surface area contributed by atoms with Gasteiger partial charge in [-0.15, -0.1) is 0 Å². The van der Waals surface area contributed by atoms with Crippen molar-refractivity contribution in [2.24, 2.45) is 7.05 Å². The minimum Gasteiger partial charge on any atom is -0.384 e. The molecule has 2 aromatic rings. The summed E-state index contributed by atoms with van der Waals surface area (Å²) in [6.07, 6.45) is 1.49. The van der Waals surface area contributed by atoms with Gasteiger partial charge in [0.15, 0.2) is 5.82 Å². The summed E-state index contributed by atoms with van der Waals surface area (Å²) in [4.78, 5) is 4.05. The number of sulfonamides is 1. The predicted molar refractivity (Wildman–Crippen MR) is 75.4 cm³/mol. The molecule has 1 aromatic heterocycles. The number of hydrogen-bond acceptors (Lipinski definition) is 5. The van der Waals surface area contributed by atoms with Gasteiger partial charge in [-0.1, -0.05) is 17.9 Å². The summed E-state index contributed by atoms with van der Waals surface area (Å²) in [7, 11) is -1.96. The summed E-state index contributed by atoms with van der Waals surface area (Å²) >= 11 is 0. The molecule has 0 radical (unpaired) electrons. The Bertz CT molecular complexity index is 787. The zero-order valence-electron chi connectivity index (χ0n) is 11.3. The maximum absolute atomic E-state index is 12.2. The molecule has 21 heavy (non-hydrogen) atoms. The fourth-order valence-electron chi connectivity index (χ4n) is 1.59. The molecule has 0 saturated heterocycles. The lowest BCUT2D eigenvalue weighted by atomic mass is 10.2. The Hall–Kier alpha value is -2.21. The van der Waals surface area contributed by atoms with Gasteiger partial charge in [0, 0.05) is 12.6 Å². The van der Waals surface area contributed by atoms with E-state index in [-0.39, 0.29) is 18.0 Å². The molecule has 2 N–H and O–H groups in total. The van der Waals surface area contributed by atoms with E-state index in [9.17, 15) is 8.42 Å². The first kappa shape index (κ1) is 15.2. The Balaban J connectivity index is 2.15. The first-order valence-electron chi connectivity index (χ1n) is 6.05. The zero-order chi connectivity index (χ0) is 15.3. The van der Waals surface area contributed by atoms with E-state index in [0.717, 1.165) is 0 Å². The van der Waals surface area contributed by atoms with Gasteiger partial charge >= 0.3 is 0 Å². The van der Waals surface area contributed by atoms with E-state index >= 15 is 0 Å². The van der Waals surface area contributed by atoms with Crippen LogP contribution in [0.4, 0.5) is 0 Å². The molecule has 0 saturated carbocycles. The highest BCUT2D eigenvalue weighted by molar-refractivity contribution is 7.89. The van der Waals surface area contributed by atoms with Gasteiger partial charge in [-0.25, -0.2) is 18.1 Å². The molecule has 1 heterocycles. The Kier molecular flexibility index (Phi) is 4.70. The fourth-order valence-corrected chi connectivity index (χ4v) is 2.62. The van der Waals surface area contributed by atoms with Gasteiger partial charge in [-0.3, -0.25) is 4.68 Å². The minimum absolute atomic E-state index is 0.00964. The fraction of sp³-hybridized carbons (Fsp3) is 0.231. The zero-order valence-corrected chi connectivity index (χ0v) is 12.1. The molecular weight excluding hydrogens is 292 g/mol. The van der Waals surface area contributed by atoms with Crippen molar-refractivity contribution in [3.05, 3.63) is 42.0 Å². The summed E-state index contributed by atoms with van der Waals surface area (Å²) in [5, 5.41) is 12.6. The van der Waals surface area contributed by atoms with Crippen LogP contribution in [0.1, 0.15) is 11.4 Å². The third-order valence-corrected chi connectivity index (χ3v) is 3.92. The Morgan fingerprint density at radius 1 is 1.43 bits per heavy atom. The standard InChI is InChI=1S/C13H14N4O3S/c1-17-10-14-13(16-17)9-15-21(19,20)12-6-2-4-11(8-12)5-3-7-18/h2,4,6,8,10,15,18H,7,9H2,1H3. The summed E-state index contributed by atoms with van der Waals surface area (Å²) in [5.41, 5.74) is 0.517. The van der Waals surface area contributed by atoms with Crippen molar-refractivity contribution in [2.75, 3.05) is 6.61 Å². The molecule has 0 atom stereocenters. The Morgan fingerprint density at radius 3 is 2.90 bits per heavy atom. The first-order chi connectivity index (χ1) is 10.0. The number of hydrogen-bond donors (Lipinski definition) is 2. The second-order valence-corrected chi connectivity index (χ2v) is 5.91. The van der Waals surface area contributed by atoms with E-state index in [1.165, 1.54) is 23.1 Å². The van der Waals surface area contributed by atoms with Crippen LogP contribution in [0, 0.1) is 11.8 Å². The van der Waals surface area contributed by atoms with Gasteiger partial charge in [-0.2, -0.15) is 5.10 Å². The molecule has 0 amide bonds. The van der Waals surface area contributed by atoms with Crippen LogP contribution in [0.5, 0.6) is 0 Å². The first-order valence-corrected chi connectivity index (χ1v) is 7.53. The number of aliphatic hydroxyl groups is 1. The molecule has 0 aliphatic heterocycles. The molecule has 0 bridgehead atoms. The van der Waals surface area contributed by atoms with E-state index in [1.807, 2.05) is 0 Å². The highest BCUT2D eigenvalue weighted by Gasteiger charge is 2.14. The highest BCUT2D eigenvalue weighted by atomic mass is 32.2. The lowest BCUT2D eigenvalue weighted by Crippen LogP contribution is -2.24. The van der Waals surface area contributed by atoms with Crippen molar-refractivity contribution in [2.45, 2.75) is 11.4 Å². The van der Waals surface area contributed by atoms with Gasteiger partial charge in [0.2, 0.25) is 10.0 Å².